The molecule has 0 bridgehead atoms. The molecule has 0 aliphatic rings. The van der Waals surface area contributed by atoms with E-state index in [0.29, 0.717) is 10.6 Å². The van der Waals surface area contributed by atoms with E-state index in [4.69, 9.17) is 23.2 Å². The molecule has 3 rings (SSSR count). The van der Waals surface area contributed by atoms with E-state index in [1.807, 2.05) is 79.7 Å². The maximum Gasteiger partial charge on any atom is 0.251 e. The first-order chi connectivity index (χ1) is 13.0. The highest BCUT2D eigenvalue weighted by atomic mass is 35.5. The number of hydrogen-bond acceptors (Lipinski definition) is 2. The second-order valence-corrected chi connectivity index (χ2v) is 8.11. The SMILES string of the molecule is C[C@H](NC(=O)c1ccc(CSc2ccc(Cl)cc2)cc1)c1cccc(Cl)c1. The Morgan fingerprint density at radius 3 is 2.33 bits per heavy atom. The molecule has 3 aromatic carbocycles. The average Bonchev–Trinajstić information content (AvgIpc) is 2.68. The predicted molar refractivity (Wildman–Crippen MR) is 115 cm³/mol. The average molecular weight is 416 g/mol. The number of hydrogen-bond donors (Lipinski definition) is 1. The normalized spacial score (nSPS) is 11.8. The molecule has 1 atom stereocenters. The fourth-order valence-electron chi connectivity index (χ4n) is 2.59. The first-order valence-electron chi connectivity index (χ1n) is 8.55. The zero-order valence-corrected chi connectivity index (χ0v) is 17.1. The van der Waals surface area contributed by atoms with Gasteiger partial charge in [0.1, 0.15) is 0 Å². The number of rotatable bonds is 6. The van der Waals surface area contributed by atoms with E-state index >= 15 is 0 Å². The minimum atomic E-state index is -0.115. The number of benzene rings is 3. The number of carbonyl (C=O) groups is 1. The van der Waals surface area contributed by atoms with Crippen LogP contribution in [0.5, 0.6) is 0 Å². The second-order valence-electron chi connectivity index (χ2n) is 6.19. The molecule has 0 saturated carbocycles. The van der Waals surface area contributed by atoms with Gasteiger partial charge in [-0.05, 0) is 66.6 Å². The Balaban J connectivity index is 1.57. The Bertz CT molecular complexity index is 910. The molecule has 0 radical (unpaired) electrons. The molecule has 0 heterocycles. The van der Waals surface area contributed by atoms with Gasteiger partial charge in [0.15, 0.2) is 0 Å². The summed E-state index contributed by atoms with van der Waals surface area (Å²) in [6.45, 7) is 1.95. The Kier molecular flexibility index (Phi) is 6.84. The molecule has 138 valence electrons. The van der Waals surface area contributed by atoms with Crippen LogP contribution in [0.15, 0.2) is 77.7 Å². The Morgan fingerprint density at radius 2 is 1.67 bits per heavy atom. The van der Waals surface area contributed by atoms with E-state index in [0.717, 1.165) is 26.8 Å². The van der Waals surface area contributed by atoms with Gasteiger partial charge in [-0.1, -0.05) is 47.5 Å². The Morgan fingerprint density at radius 1 is 0.963 bits per heavy atom. The number of halogens is 2. The largest absolute Gasteiger partial charge is 0.346 e. The topological polar surface area (TPSA) is 29.1 Å². The molecule has 0 aromatic heterocycles. The quantitative estimate of drug-likeness (QED) is 0.449. The summed E-state index contributed by atoms with van der Waals surface area (Å²) in [5.41, 5.74) is 2.78. The third-order valence-corrected chi connectivity index (χ3v) is 5.70. The molecule has 5 heteroatoms. The van der Waals surface area contributed by atoms with Crippen molar-refractivity contribution in [2.75, 3.05) is 0 Å². The molecule has 27 heavy (non-hydrogen) atoms. The molecular weight excluding hydrogens is 397 g/mol. The van der Waals surface area contributed by atoms with Gasteiger partial charge in [0.2, 0.25) is 0 Å². The summed E-state index contributed by atoms with van der Waals surface area (Å²) in [4.78, 5) is 13.6. The molecule has 1 N–H and O–H groups in total. The lowest BCUT2D eigenvalue weighted by molar-refractivity contribution is 0.0940. The molecular formula is C22H19Cl2NOS. The molecule has 0 aliphatic carbocycles. The number of amides is 1. The maximum atomic E-state index is 12.5. The van der Waals surface area contributed by atoms with Crippen LogP contribution in [-0.4, -0.2) is 5.91 Å². The minimum absolute atomic E-state index is 0.0978. The van der Waals surface area contributed by atoms with Gasteiger partial charge in [-0.25, -0.2) is 0 Å². The van der Waals surface area contributed by atoms with Crippen molar-refractivity contribution in [1.82, 2.24) is 5.32 Å². The van der Waals surface area contributed by atoms with Crippen molar-refractivity contribution < 1.29 is 4.79 Å². The van der Waals surface area contributed by atoms with E-state index in [9.17, 15) is 4.79 Å². The fourth-order valence-corrected chi connectivity index (χ4v) is 3.77. The minimum Gasteiger partial charge on any atom is -0.346 e. The molecule has 0 fully saturated rings. The summed E-state index contributed by atoms with van der Waals surface area (Å²) < 4.78 is 0. The van der Waals surface area contributed by atoms with Crippen LogP contribution in [-0.2, 0) is 5.75 Å². The first-order valence-corrected chi connectivity index (χ1v) is 10.3. The van der Waals surface area contributed by atoms with Crippen LogP contribution in [0.2, 0.25) is 10.0 Å². The highest BCUT2D eigenvalue weighted by molar-refractivity contribution is 7.98. The van der Waals surface area contributed by atoms with Crippen molar-refractivity contribution in [1.29, 1.82) is 0 Å². The maximum absolute atomic E-state index is 12.5. The fraction of sp³-hybridized carbons (Fsp3) is 0.136. The van der Waals surface area contributed by atoms with Gasteiger partial charge in [-0.15, -0.1) is 11.8 Å². The molecule has 0 unspecified atom stereocenters. The number of thioether (sulfide) groups is 1. The van der Waals surface area contributed by atoms with Gasteiger partial charge in [-0.3, -0.25) is 4.79 Å². The summed E-state index contributed by atoms with van der Waals surface area (Å²) in [6, 6.07) is 22.9. The van der Waals surface area contributed by atoms with E-state index in [1.54, 1.807) is 11.8 Å². The number of nitrogens with one attached hydrogen (secondary N) is 1. The zero-order chi connectivity index (χ0) is 19.2. The predicted octanol–water partition coefficient (Wildman–Crippen LogP) is 6.78. The van der Waals surface area contributed by atoms with Crippen molar-refractivity contribution in [2.24, 2.45) is 0 Å². The molecule has 3 aromatic rings. The van der Waals surface area contributed by atoms with Crippen LogP contribution in [0.25, 0.3) is 0 Å². The summed E-state index contributed by atoms with van der Waals surface area (Å²) in [5, 5.41) is 4.41. The van der Waals surface area contributed by atoms with Crippen LogP contribution in [0.3, 0.4) is 0 Å². The van der Waals surface area contributed by atoms with Gasteiger partial charge in [0.05, 0.1) is 6.04 Å². The Labute approximate surface area is 173 Å². The highest BCUT2D eigenvalue weighted by Gasteiger charge is 2.11. The number of carbonyl (C=O) groups excluding carboxylic acids is 1. The molecule has 1 amide bonds. The Hall–Kier alpha value is -1.94. The molecule has 0 aliphatic heterocycles. The van der Waals surface area contributed by atoms with Crippen molar-refractivity contribution in [3.05, 3.63) is 99.5 Å². The molecule has 0 spiro atoms. The van der Waals surface area contributed by atoms with Crippen molar-refractivity contribution in [3.8, 4) is 0 Å². The summed E-state index contributed by atoms with van der Waals surface area (Å²) in [7, 11) is 0. The third kappa shape index (κ3) is 5.77. The van der Waals surface area contributed by atoms with Crippen LogP contribution in [0, 0.1) is 0 Å². The standard InChI is InChI=1S/C22H19Cl2NOS/c1-15(18-3-2-4-20(24)13-18)25-22(26)17-7-5-16(6-8-17)14-27-21-11-9-19(23)10-12-21/h2-13,15H,14H2,1H3,(H,25,26)/t15-/m0/s1. The van der Waals surface area contributed by atoms with E-state index in [2.05, 4.69) is 5.32 Å². The zero-order valence-electron chi connectivity index (χ0n) is 14.8. The van der Waals surface area contributed by atoms with E-state index in [-0.39, 0.29) is 11.9 Å². The lowest BCUT2D eigenvalue weighted by Gasteiger charge is -2.15. The summed E-state index contributed by atoms with van der Waals surface area (Å²) >= 11 is 13.7. The van der Waals surface area contributed by atoms with Crippen LogP contribution in [0.1, 0.15) is 34.5 Å². The summed E-state index contributed by atoms with van der Waals surface area (Å²) in [6.07, 6.45) is 0. The molecule has 0 saturated heterocycles. The summed E-state index contributed by atoms with van der Waals surface area (Å²) in [5.74, 6) is 0.738. The highest BCUT2D eigenvalue weighted by Crippen LogP contribution is 2.24. The van der Waals surface area contributed by atoms with Crippen molar-refractivity contribution in [3.63, 3.8) is 0 Å². The van der Waals surface area contributed by atoms with E-state index < -0.39 is 0 Å². The van der Waals surface area contributed by atoms with Gasteiger partial charge >= 0.3 is 0 Å². The van der Waals surface area contributed by atoms with Crippen LogP contribution in [0.4, 0.5) is 0 Å². The van der Waals surface area contributed by atoms with Gasteiger partial charge in [0.25, 0.3) is 5.91 Å². The van der Waals surface area contributed by atoms with Crippen LogP contribution >= 0.6 is 35.0 Å². The van der Waals surface area contributed by atoms with E-state index in [1.165, 1.54) is 0 Å². The lowest BCUT2D eigenvalue weighted by Crippen LogP contribution is -2.26. The second kappa shape index (κ2) is 9.32. The van der Waals surface area contributed by atoms with Gasteiger partial charge in [0, 0.05) is 26.3 Å². The van der Waals surface area contributed by atoms with Crippen molar-refractivity contribution >= 4 is 40.9 Å². The first kappa shape index (κ1) is 19.8. The third-order valence-electron chi connectivity index (χ3n) is 4.13. The monoisotopic (exact) mass is 415 g/mol. The lowest BCUT2D eigenvalue weighted by atomic mass is 10.1. The van der Waals surface area contributed by atoms with Gasteiger partial charge < -0.3 is 5.32 Å². The smallest absolute Gasteiger partial charge is 0.251 e. The van der Waals surface area contributed by atoms with Gasteiger partial charge in [-0.2, -0.15) is 0 Å². The molecule has 2 nitrogen and oxygen atoms in total. The van der Waals surface area contributed by atoms with Crippen LogP contribution < -0.4 is 5.32 Å². The van der Waals surface area contributed by atoms with Crippen molar-refractivity contribution in [2.45, 2.75) is 23.6 Å².